The summed E-state index contributed by atoms with van der Waals surface area (Å²) in [5, 5.41) is 14.9. The average Bonchev–Trinajstić information content (AvgIpc) is 2.93. The van der Waals surface area contributed by atoms with Crippen LogP contribution in [0.15, 0.2) is 46.6 Å². The molecule has 1 aliphatic heterocycles. The van der Waals surface area contributed by atoms with Gasteiger partial charge in [-0.25, -0.2) is 9.69 Å². The number of anilines is 1. The van der Waals surface area contributed by atoms with Crippen LogP contribution in [0.1, 0.15) is 5.56 Å². The number of amides is 4. The highest BCUT2D eigenvalue weighted by Gasteiger charge is 2.35. The molecule has 0 unspecified atom stereocenters. The molecule has 150 valence electrons. The minimum Gasteiger partial charge on any atom is -0.506 e. The predicted octanol–water partition coefficient (Wildman–Crippen LogP) is 3.30. The first-order valence-corrected chi connectivity index (χ1v) is 10.1. The molecule has 3 rings (SSSR count). The molecule has 0 radical (unpaired) electrons. The molecule has 0 saturated carbocycles. The molecule has 10 heteroatoms. The largest absolute Gasteiger partial charge is 0.506 e. The summed E-state index contributed by atoms with van der Waals surface area (Å²) in [7, 11) is 1.47. The van der Waals surface area contributed by atoms with E-state index in [9.17, 15) is 19.5 Å². The molecule has 1 heterocycles. The molecule has 2 aromatic rings. The number of nitrogens with one attached hydrogen (secondary N) is 2. The van der Waals surface area contributed by atoms with Crippen molar-refractivity contribution in [3.8, 4) is 11.5 Å². The lowest BCUT2D eigenvalue weighted by molar-refractivity contribution is -0.127. The molecule has 1 saturated heterocycles. The molecule has 1 aliphatic rings. The predicted molar refractivity (Wildman–Crippen MR) is 118 cm³/mol. The number of hydrogen-bond donors (Lipinski definition) is 3. The molecule has 4 amide bonds. The van der Waals surface area contributed by atoms with Crippen LogP contribution in [0.4, 0.5) is 10.5 Å². The van der Waals surface area contributed by atoms with Crippen molar-refractivity contribution in [2.75, 3.05) is 19.0 Å². The molecule has 29 heavy (non-hydrogen) atoms. The van der Waals surface area contributed by atoms with E-state index in [4.69, 9.17) is 4.74 Å². The molecule has 8 nitrogen and oxygen atoms in total. The first kappa shape index (κ1) is 21.1. The van der Waals surface area contributed by atoms with Crippen LogP contribution >= 0.6 is 38.5 Å². The van der Waals surface area contributed by atoms with E-state index in [1.54, 1.807) is 36.4 Å². The van der Waals surface area contributed by atoms with Gasteiger partial charge in [-0.05, 0) is 74.4 Å². The van der Waals surface area contributed by atoms with Crippen molar-refractivity contribution in [3.63, 3.8) is 0 Å². The number of ether oxygens (including phenoxy) is 1. The number of phenolic OH excluding ortho intramolecular Hbond substituents is 1. The van der Waals surface area contributed by atoms with Crippen molar-refractivity contribution < 1.29 is 24.2 Å². The zero-order valence-corrected chi connectivity index (χ0v) is 18.8. The lowest BCUT2D eigenvalue weighted by Gasteiger charge is -2.13. The van der Waals surface area contributed by atoms with Gasteiger partial charge >= 0.3 is 6.03 Å². The Labute approximate surface area is 188 Å². The maximum Gasteiger partial charge on any atom is 0.329 e. The maximum absolute atomic E-state index is 12.6. The Kier molecular flexibility index (Phi) is 6.42. The average molecular weight is 572 g/mol. The Morgan fingerprint density at radius 1 is 1.34 bits per heavy atom. The molecule has 2 aromatic carbocycles. The van der Waals surface area contributed by atoms with Gasteiger partial charge in [-0.1, -0.05) is 12.1 Å². The Hall–Kier alpha value is -2.60. The van der Waals surface area contributed by atoms with Crippen LogP contribution in [0.5, 0.6) is 11.5 Å². The molecule has 0 aromatic heterocycles. The zero-order valence-electron chi connectivity index (χ0n) is 15.0. The number of benzene rings is 2. The van der Waals surface area contributed by atoms with E-state index in [1.807, 2.05) is 22.6 Å². The van der Waals surface area contributed by atoms with E-state index in [-0.39, 0.29) is 11.4 Å². The number of hydrogen-bond acceptors (Lipinski definition) is 5. The van der Waals surface area contributed by atoms with Crippen LogP contribution in [0, 0.1) is 3.57 Å². The number of rotatable bonds is 5. The summed E-state index contributed by atoms with van der Waals surface area (Å²) in [5.74, 6) is -0.610. The van der Waals surface area contributed by atoms with Crippen molar-refractivity contribution >= 4 is 68.1 Å². The Balaban J connectivity index is 1.74. The normalized spacial score (nSPS) is 14.9. The third-order valence-corrected chi connectivity index (χ3v) is 5.42. The van der Waals surface area contributed by atoms with Gasteiger partial charge < -0.3 is 20.5 Å². The molecule has 0 spiro atoms. The van der Waals surface area contributed by atoms with Crippen molar-refractivity contribution in [3.05, 3.63) is 55.7 Å². The smallest absolute Gasteiger partial charge is 0.329 e. The van der Waals surface area contributed by atoms with Crippen LogP contribution in [0.3, 0.4) is 0 Å². The standard InChI is InChI=1S/C19H15BrIN3O5/c1-29-15-5-3-2-4-13(15)22-16(25)9-24-18(27)14(23-19(24)28)8-10-6-11(20)17(26)12(21)7-10/h2-8,26H,9H2,1H3,(H,22,25)(H,23,28)/b14-8+. The lowest BCUT2D eigenvalue weighted by Crippen LogP contribution is -2.38. The number of carbonyl (C=O) groups is 3. The van der Waals surface area contributed by atoms with Gasteiger partial charge in [-0.15, -0.1) is 0 Å². The van der Waals surface area contributed by atoms with E-state index >= 15 is 0 Å². The SMILES string of the molecule is COc1ccccc1NC(=O)CN1C(=O)N/C(=C/c2cc(Br)c(O)c(I)c2)C1=O. The van der Waals surface area contributed by atoms with E-state index < -0.39 is 24.4 Å². The van der Waals surface area contributed by atoms with Crippen LogP contribution in [-0.2, 0) is 9.59 Å². The van der Waals surface area contributed by atoms with Crippen molar-refractivity contribution in [2.45, 2.75) is 0 Å². The molecular weight excluding hydrogens is 557 g/mol. The highest BCUT2D eigenvalue weighted by molar-refractivity contribution is 14.1. The highest BCUT2D eigenvalue weighted by atomic mass is 127. The van der Waals surface area contributed by atoms with Gasteiger partial charge in [0.25, 0.3) is 5.91 Å². The first-order valence-electron chi connectivity index (χ1n) is 8.25. The van der Waals surface area contributed by atoms with Gasteiger partial charge in [0.05, 0.1) is 20.8 Å². The zero-order chi connectivity index (χ0) is 21.1. The molecule has 0 aliphatic carbocycles. The number of imide groups is 1. The monoisotopic (exact) mass is 571 g/mol. The maximum atomic E-state index is 12.6. The second kappa shape index (κ2) is 8.82. The molecular formula is C19H15BrIN3O5. The number of phenols is 1. The fourth-order valence-electron chi connectivity index (χ4n) is 2.63. The third kappa shape index (κ3) is 4.70. The van der Waals surface area contributed by atoms with Gasteiger partial charge in [0.1, 0.15) is 23.7 Å². The number of urea groups is 1. The number of aromatic hydroxyl groups is 1. The first-order chi connectivity index (χ1) is 13.8. The van der Waals surface area contributed by atoms with Gasteiger partial charge in [-0.3, -0.25) is 9.59 Å². The van der Waals surface area contributed by atoms with E-state index in [1.165, 1.54) is 13.2 Å². The molecule has 1 fully saturated rings. The van der Waals surface area contributed by atoms with E-state index in [0.717, 1.165) is 4.90 Å². The topological polar surface area (TPSA) is 108 Å². The fourth-order valence-corrected chi connectivity index (χ4v) is 4.13. The lowest BCUT2D eigenvalue weighted by atomic mass is 10.2. The second-order valence-corrected chi connectivity index (χ2v) is 7.98. The Morgan fingerprint density at radius 3 is 2.76 bits per heavy atom. The highest BCUT2D eigenvalue weighted by Crippen LogP contribution is 2.31. The quantitative estimate of drug-likeness (QED) is 0.290. The van der Waals surface area contributed by atoms with Crippen molar-refractivity contribution in [1.29, 1.82) is 0 Å². The van der Waals surface area contributed by atoms with Crippen molar-refractivity contribution in [2.24, 2.45) is 0 Å². The minimum absolute atomic E-state index is 0.0356. The number of nitrogens with zero attached hydrogens (tertiary/aromatic N) is 1. The number of carbonyl (C=O) groups excluding carboxylic acids is 3. The van der Waals surface area contributed by atoms with Gasteiger partial charge in [0.2, 0.25) is 5.91 Å². The summed E-state index contributed by atoms with van der Waals surface area (Å²) in [6, 6.07) is 9.39. The van der Waals surface area contributed by atoms with Crippen LogP contribution in [-0.4, -0.2) is 41.5 Å². The second-order valence-electron chi connectivity index (χ2n) is 5.96. The van der Waals surface area contributed by atoms with Gasteiger partial charge in [0, 0.05) is 0 Å². The summed E-state index contributed by atoms with van der Waals surface area (Å²) in [4.78, 5) is 37.9. The summed E-state index contributed by atoms with van der Waals surface area (Å²) < 4.78 is 6.20. The van der Waals surface area contributed by atoms with Crippen LogP contribution in [0.2, 0.25) is 0 Å². The summed E-state index contributed by atoms with van der Waals surface area (Å²) in [6.07, 6.45) is 1.48. The Bertz CT molecular complexity index is 1020. The Morgan fingerprint density at radius 2 is 2.07 bits per heavy atom. The number of para-hydroxylation sites is 2. The van der Waals surface area contributed by atoms with Gasteiger partial charge in [0.15, 0.2) is 0 Å². The summed E-state index contributed by atoms with van der Waals surface area (Å²) >= 11 is 5.18. The third-order valence-electron chi connectivity index (χ3n) is 4.00. The summed E-state index contributed by atoms with van der Waals surface area (Å²) in [5.41, 5.74) is 1.07. The van der Waals surface area contributed by atoms with Crippen LogP contribution < -0.4 is 15.4 Å². The van der Waals surface area contributed by atoms with Crippen molar-refractivity contribution in [1.82, 2.24) is 10.2 Å². The minimum atomic E-state index is -0.691. The number of halogens is 2. The number of methoxy groups -OCH3 is 1. The van der Waals surface area contributed by atoms with Gasteiger partial charge in [-0.2, -0.15) is 0 Å². The van der Waals surface area contributed by atoms with E-state index in [0.29, 0.717) is 25.0 Å². The molecule has 0 bridgehead atoms. The van der Waals surface area contributed by atoms with E-state index in [2.05, 4.69) is 26.6 Å². The van der Waals surface area contributed by atoms with Crippen LogP contribution in [0.25, 0.3) is 6.08 Å². The molecule has 0 atom stereocenters. The molecule has 3 N–H and O–H groups in total. The summed E-state index contributed by atoms with van der Waals surface area (Å²) in [6.45, 7) is -0.448. The fraction of sp³-hybridized carbons (Fsp3) is 0.105.